The lowest BCUT2D eigenvalue weighted by Gasteiger charge is -2.14. The lowest BCUT2D eigenvalue weighted by Crippen LogP contribution is -2.12. The van der Waals surface area contributed by atoms with Crippen LogP contribution < -0.4 is 4.74 Å². The van der Waals surface area contributed by atoms with Gasteiger partial charge in [-0.15, -0.1) is 0 Å². The second kappa shape index (κ2) is 5.86. The van der Waals surface area contributed by atoms with E-state index < -0.39 is 11.9 Å². The molecule has 0 radical (unpaired) electrons. The van der Waals surface area contributed by atoms with E-state index in [-0.39, 0.29) is 17.2 Å². The Bertz CT molecular complexity index is 482. The summed E-state index contributed by atoms with van der Waals surface area (Å²) in [5.41, 5.74) is -0.173. The van der Waals surface area contributed by atoms with Gasteiger partial charge < -0.3 is 14.6 Å². The van der Waals surface area contributed by atoms with E-state index in [0.29, 0.717) is 10.2 Å². The number of esters is 1. The van der Waals surface area contributed by atoms with Crippen molar-refractivity contribution < 1.29 is 24.2 Å². The predicted molar refractivity (Wildman–Crippen MR) is 68.2 cm³/mol. The molecule has 0 aromatic heterocycles. The van der Waals surface area contributed by atoms with E-state index in [9.17, 15) is 9.59 Å². The smallest absolute Gasteiger partial charge is 0.338 e. The number of carbonyl (C=O) groups is 2. The molecule has 0 aliphatic heterocycles. The summed E-state index contributed by atoms with van der Waals surface area (Å²) in [7, 11) is 1.19. The van der Waals surface area contributed by atoms with Gasteiger partial charge in [-0.3, -0.25) is 0 Å². The van der Waals surface area contributed by atoms with Crippen molar-refractivity contribution in [3.8, 4) is 5.75 Å². The van der Waals surface area contributed by atoms with Crippen LogP contribution in [0, 0.1) is 0 Å². The Morgan fingerprint density at radius 1 is 1.28 bits per heavy atom. The van der Waals surface area contributed by atoms with E-state index in [1.807, 2.05) is 13.8 Å². The molecule has 0 saturated carbocycles. The number of aromatic carboxylic acids is 1. The zero-order valence-electron chi connectivity index (χ0n) is 10.2. The molecule has 5 nitrogen and oxygen atoms in total. The first-order valence-corrected chi connectivity index (χ1v) is 5.98. The average Bonchev–Trinajstić information content (AvgIpc) is 2.29. The molecule has 0 bridgehead atoms. The molecule has 1 N–H and O–H groups in total. The number of rotatable bonds is 4. The van der Waals surface area contributed by atoms with Crippen LogP contribution in [0.1, 0.15) is 34.6 Å². The molecular weight excluding hydrogens is 304 g/mol. The minimum atomic E-state index is -1.20. The van der Waals surface area contributed by atoms with Crippen molar-refractivity contribution in [3.05, 3.63) is 27.7 Å². The highest BCUT2D eigenvalue weighted by Gasteiger charge is 2.20. The first kappa shape index (κ1) is 14.5. The van der Waals surface area contributed by atoms with Gasteiger partial charge in [0.1, 0.15) is 5.75 Å². The highest BCUT2D eigenvalue weighted by atomic mass is 79.9. The molecule has 0 spiro atoms. The van der Waals surface area contributed by atoms with Crippen LogP contribution in [0.2, 0.25) is 0 Å². The van der Waals surface area contributed by atoms with Crippen molar-refractivity contribution in [1.82, 2.24) is 0 Å². The Labute approximate surface area is 113 Å². The quantitative estimate of drug-likeness (QED) is 0.865. The van der Waals surface area contributed by atoms with Crippen molar-refractivity contribution in [2.24, 2.45) is 0 Å². The molecule has 0 heterocycles. The van der Waals surface area contributed by atoms with Gasteiger partial charge in [0.25, 0.3) is 0 Å². The lowest BCUT2D eigenvalue weighted by atomic mass is 10.1. The summed E-state index contributed by atoms with van der Waals surface area (Å²) < 4.78 is 10.5. The number of hydrogen-bond donors (Lipinski definition) is 1. The maximum Gasteiger partial charge on any atom is 0.338 e. The van der Waals surface area contributed by atoms with Gasteiger partial charge in [0, 0.05) is 0 Å². The summed E-state index contributed by atoms with van der Waals surface area (Å²) in [5.74, 6) is -1.52. The van der Waals surface area contributed by atoms with Gasteiger partial charge in [-0.1, -0.05) is 0 Å². The fourth-order valence-corrected chi connectivity index (χ4v) is 1.79. The molecule has 0 fully saturated rings. The number of carbonyl (C=O) groups excluding carboxylic acids is 1. The number of halogens is 1. The normalized spacial score (nSPS) is 10.3. The number of hydrogen-bond acceptors (Lipinski definition) is 4. The molecule has 1 rings (SSSR count). The standard InChI is InChI=1S/C12H13BrO5/c1-6(2)18-10-5-8(12(16)17-3)7(11(14)15)4-9(10)13/h4-6H,1-3H3,(H,14,15). The minimum Gasteiger partial charge on any atom is -0.490 e. The number of carboxylic acid groups (broad SMARTS) is 1. The van der Waals surface area contributed by atoms with Crippen molar-refractivity contribution in [1.29, 1.82) is 0 Å². The molecule has 0 saturated heterocycles. The third-order valence-electron chi connectivity index (χ3n) is 2.07. The Hall–Kier alpha value is -1.56. The van der Waals surface area contributed by atoms with E-state index in [1.54, 1.807) is 0 Å². The van der Waals surface area contributed by atoms with E-state index >= 15 is 0 Å². The van der Waals surface area contributed by atoms with Crippen LogP contribution in [0.3, 0.4) is 0 Å². The molecule has 0 unspecified atom stereocenters. The van der Waals surface area contributed by atoms with Gasteiger partial charge in [-0.25, -0.2) is 9.59 Å². The minimum absolute atomic E-state index is 0.0381. The molecule has 1 aromatic carbocycles. The Kier molecular flexibility index (Phi) is 4.72. The van der Waals surface area contributed by atoms with Crippen molar-refractivity contribution >= 4 is 27.9 Å². The number of benzene rings is 1. The molecular formula is C12H13BrO5. The molecule has 98 valence electrons. The summed E-state index contributed by atoms with van der Waals surface area (Å²) in [6.45, 7) is 3.66. The van der Waals surface area contributed by atoms with Crippen molar-refractivity contribution in [2.45, 2.75) is 20.0 Å². The topological polar surface area (TPSA) is 72.8 Å². The fraction of sp³-hybridized carbons (Fsp3) is 0.333. The van der Waals surface area contributed by atoms with E-state index in [0.717, 1.165) is 0 Å². The van der Waals surface area contributed by atoms with Crippen LogP contribution in [0.25, 0.3) is 0 Å². The first-order chi connectivity index (χ1) is 8.36. The summed E-state index contributed by atoms with van der Waals surface area (Å²) in [4.78, 5) is 22.6. The van der Waals surface area contributed by atoms with Gasteiger partial charge >= 0.3 is 11.9 Å². The van der Waals surface area contributed by atoms with Crippen molar-refractivity contribution in [3.63, 3.8) is 0 Å². The molecule has 1 aromatic rings. The van der Waals surface area contributed by atoms with Gasteiger partial charge in [-0.2, -0.15) is 0 Å². The summed E-state index contributed by atoms with van der Waals surface area (Å²) >= 11 is 3.21. The maximum atomic E-state index is 11.5. The third kappa shape index (κ3) is 3.22. The zero-order chi connectivity index (χ0) is 13.9. The summed E-state index contributed by atoms with van der Waals surface area (Å²) in [6, 6.07) is 2.69. The van der Waals surface area contributed by atoms with Crippen LogP contribution in [-0.4, -0.2) is 30.3 Å². The second-order valence-electron chi connectivity index (χ2n) is 3.79. The summed E-state index contributed by atoms with van der Waals surface area (Å²) in [6.07, 6.45) is -0.0949. The third-order valence-corrected chi connectivity index (χ3v) is 2.69. The number of carboxylic acids is 1. The molecule has 6 heteroatoms. The van der Waals surface area contributed by atoms with Gasteiger partial charge in [0.2, 0.25) is 0 Å². The van der Waals surface area contributed by atoms with Gasteiger partial charge in [-0.05, 0) is 41.9 Å². The fourth-order valence-electron chi connectivity index (χ4n) is 1.35. The Balaban J connectivity index is 3.35. The second-order valence-corrected chi connectivity index (χ2v) is 4.65. The lowest BCUT2D eigenvalue weighted by molar-refractivity contribution is 0.0582. The van der Waals surface area contributed by atoms with Crippen LogP contribution in [-0.2, 0) is 4.74 Å². The van der Waals surface area contributed by atoms with Gasteiger partial charge in [0.15, 0.2) is 0 Å². The maximum absolute atomic E-state index is 11.5. The molecule has 0 amide bonds. The number of methoxy groups -OCH3 is 1. The van der Waals surface area contributed by atoms with E-state index in [1.165, 1.54) is 19.2 Å². The predicted octanol–water partition coefficient (Wildman–Crippen LogP) is 2.72. The molecule has 0 atom stereocenters. The zero-order valence-corrected chi connectivity index (χ0v) is 11.8. The van der Waals surface area contributed by atoms with Crippen LogP contribution in [0.15, 0.2) is 16.6 Å². The highest BCUT2D eigenvalue weighted by molar-refractivity contribution is 9.10. The van der Waals surface area contributed by atoms with Crippen LogP contribution in [0.5, 0.6) is 5.75 Å². The summed E-state index contributed by atoms with van der Waals surface area (Å²) in [5, 5.41) is 9.04. The molecule has 18 heavy (non-hydrogen) atoms. The average molecular weight is 317 g/mol. The van der Waals surface area contributed by atoms with Crippen LogP contribution in [0.4, 0.5) is 0 Å². The SMILES string of the molecule is COC(=O)c1cc(OC(C)C)c(Br)cc1C(=O)O. The van der Waals surface area contributed by atoms with E-state index in [2.05, 4.69) is 20.7 Å². The number of ether oxygens (including phenoxy) is 2. The van der Waals surface area contributed by atoms with E-state index in [4.69, 9.17) is 9.84 Å². The van der Waals surface area contributed by atoms with Crippen LogP contribution >= 0.6 is 15.9 Å². The van der Waals surface area contributed by atoms with Gasteiger partial charge in [0.05, 0.1) is 28.8 Å². The highest BCUT2D eigenvalue weighted by Crippen LogP contribution is 2.30. The first-order valence-electron chi connectivity index (χ1n) is 5.18. The largest absolute Gasteiger partial charge is 0.490 e. The Morgan fingerprint density at radius 2 is 1.89 bits per heavy atom. The Morgan fingerprint density at radius 3 is 2.33 bits per heavy atom. The van der Waals surface area contributed by atoms with Crippen molar-refractivity contribution in [2.75, 3.05) is 7.11 Å². The molecule has 0 aliphatic carbocycles. The molecule has 0 aliphatic rings. The monoisotopic (exact) mass is 316 g/mol.